The Hall–Kier alpha value is -2.12. The Labute approximate surface area is 132 Å². The van der Waals surface area contributed by atoms with Gasteiger partial charge >= 0.3 is 11.7 Å². The number of hydrogen-bond donors (Lipinski definition) is 1. The fourth-order valence-corrected chi connectivity index (χ4v) is 2.12. The first-order valence-corrected chi connectivity index (χ1v) is 6.70. The average Bonchev–Trinajstić information content (AvgIpc) is 2.42. The summed E-state index contributed by atoms with van der Waals surface area (Å²) in [4.78, 5) is 21.5. The Morgan fingerprint density at radius 1 is 1.24 bits per heavy atom. The smallest absolute Gasteiger partial charge is 0.339 e. The van der Waals surface area contributed by atoms with Crippen LogP contribution in [0.4, 0.5) is 5.69 Å². The summed E-state index contributed by atoms with van der Waals surface area (Å²) in [5.41, 5.74) is -0.463. The largest absolute Gasteiger partial charge is 0.478 e. The van der Waals surface area contributed by atoms with Crippen molar-refractivity contribution in [3.05, 3.63) is 61.6 Å². The van der Waals surface area contributed by atoms with Crippen LogP contribution in [0.1, 0.15) is 10.4 Å². The van der Waals surface area contributed by atoms with E-state index < -0.39 is 10.9 Å². The molecule has 2 aromatic rings. The van der Waals surface area contributed by atoms with Gasteiger partial charge in [0.25, 0.3) is 0 Å². The lowest BCUT2D eigenvalue weighted by molar-refractivity contribution is -0.385. The van der Waals surface area contributed by atoms with Gasteiger partial charge in [-0.2, -0.15) is 0 Å². The fraction of sp³-hybridized carbons (Fsp3) is 0. The van der Waals surface area contributed by atoms with Gasteiger partial charge in [-0.3, -0.25) is 10.1 Å². The lowest BCUT2D eigenvalue weighted by atomic mass is 10.2. The molecular formula is C13H7BrClNO5. The Bertz CT molecular complexity index is 673. The minimum absolute atomic E-state index is 0.00359. The number of carboxylic acids is 1. The van der Waals surface area contributed by atoms with Gasteiger partial charge in [-0.1, -0.05) is 27.5 Å². The number of hydrogen-bond acceptors (Lipinski definition) is 4. The van der Waals surface area contributed by atoms with Crippen LogP contribution < -0.4 is 4.74 Å². The van der Waals surface area contributed by atoms with Crippen LogP contribution in [0, 0.1) is 10.1 Å². The van der Waals surface area contributed by atoms with Crippen molar-refractivity contribution < 1.29 is 19.6 Å². The molecule has 0 fully saturated rings. The Balaban J connectivity index is 2.48. The highest BCUT2D eigenvalue weighted by Crippen LogP contribution is 2.35. The number of ether oxygens (including phenoxy) is 1. The second-order valence-corrected chi connectivity index (χ2v) is 5.27. The van der Waals surface area contributed by atoms with Gasteiger partial charge in [0, 0.05) is 15.6 Å². The van der Waals surface area contributed by atoms with Gasteiger partial charge < -0.3 is 9.84 Å². The van der Waals surface area contributed by atoms with E-state index in [-0.39, 0.29) is 27.8 Å². The summed E-state index contributed by atoms with van der Waals surface area (Å²) >= 11 is 8.86. The summed E-state index contributed by atoms with van der Waals surface area (Å²) < 4.78 is 5.92. The lowest BCUT2D eigenvalue weighted by Gasteiger charge is -2.09. The minimum Gasteiger partial charge on any atom is -0.478 e. The van der Waals surface area contributed by atoms with E-state index in [1.54, 1.807) is 6.07 Å². The Morgan fingerprint density at radius 3 is 2.52 bits per heavy atom. The molecule has 2 aromatic carbocycles. The molecule has 0 spiro atoms. The molecule has 2 rings (SSSR count). The average molecular weight is 373 g/mol. The zero-order valence-electron chi connectivity index (χ0n) is 10.2. The second-order valence-electron chi connectivity index (χ2n) is 3.92. The van der Waals surface area contributed by atoms with Gasteiger partial charge in [-0.25, -0.2) is 4.79 Å². The number of nitrogens with zero attached hydrogens (tertiary/aromatic N) is 1. The molecule has 0 unspecified atom stereocenters. The Morgan fingerprint density at radius 2 is 1.90 bits per heavy atom. The molecule has 0 aliphatic carbocycles. The van der Waals surface area contributed by atoms with Gasteiger partial charge in [0.05, 0.1) is 4.92 Å². The summed E-state index contributed by atoms with van der Waals surface area (Å²) in [6.45, 7) is 0. The number of nitro benzene ring substituents is 1. The maximum atomic E-state index is 11.2. The van der Waals surface area contributed by atoms with Crippen LogP contribution in [0.5, 0.6) is 11.5 Å². The highest BCUT2D eigenvalue weighted by atomic mass is 79.9. The first kappa shape index (κ1) is 15.3. The van der Waals surface area contributed by atoms with Crippen molar-refractivity contribution in [1.29, 1.82) is 0 Å². The van der Waals surface area contributed by atoms with Crippen molar-refractivity contribution in [1.82, 2.24) is 0 Å². The molecule has 21 heavy (non-hydrogen) atoms. The summed E-state index contributed by atoms with van der Waals surface area (Å²) in [7, 11) is 0. The van der Waals surface area contributed by atoms with E-state index in [1.165, 1.54) is 24.3 Å². The molecule has 0 aliphatic rings. The quantitative estimate of drug-likeness (QED) is 0.630. The predicted octanol–water partition coefficient (Wildman–Crippen LogP) is 4.50. The van der Waals surface area contributed by atoms with Crippen LogP contribution in [-0.4, -0.2) is 16.0 Å². The summed E-state index contributed by atoms with van der Waals surface area (Å²) in [6, 6.07) is 8.20. The molecular weight excluding hydrogens is 366 g/mol. The van der Waals surface area contributed by atoms with E-state index in [9.17, 15) is 14.9 Å². The fourth-order valence-electron chi connectivity index (χ4n) is 1.60. The Kier molecular flexibility index (Phi) is 4.44. The third-order valence-corrected chi connectivity index (χ3v) is 3.24. The van der Waals surface area contributed by atoms with Crippen molar-refractivity contribution in [2.45, 2.75) is 0 Å². The maximum absolute atomic E-state index is 11.2. The van der Waals surface area contributed by atoms with Gasteiger partial charge in [0.1, 0.15) is 11.3 Å². The maximum Gasteiger partial charge on any atom is 0.339 e. The van der Waals surface area contributed by atoms with Crippen LogP contribution in [0.15, 0.2) is 40.9 Å². The first-order chi connectivity index (χ1) is 9.88. The summed E-state index contributed by atoms with van der Waals surface area (Å²) in [5, 5.41) is 20.3. The molecule has 0 saturated heterocycles. The van der Waals surface area contributed by atoms with E-state index in [0.29, 0.717) is 4.47 Å². The van der Waals surface area contributed by atoms with Crippen LogP contribution in [-0.2, 0) is 0 Å². The zero-order valence-corrected chi connectivity index (χ0v) is 12.6. The normalized spacial score (nSPS) is 10.2. The van der Waals surface area contributed by atoms with E-state index in [1.807, 2.05) is 0 Å². The molecule has 0 saturated carbocycles. The first-order valence-electron chi connectivity index (χ1n) is 5.53. The highest BCUT2D eigenvalue weighted by Gasteiger charge is 2.19. The molecule has 0 radical (unpaired) electrons. The number of halogens is 2. The van der Waals surface area contributed by atoms with Crippen LogP contribution in [0.3, 0.4) is 0 Å². The van der Waals surface area contributed by atoms with Gasteiger partial charge in [-0.15, -0.1) is 0 Å². The number of nitro groups is 1. The molecule has 0 bridgehead atoms. The van der Waals surface area contributed by atoms with Crippen molar-refractivity contribution in [2.24, 2.45) is 0 Å². The molecule has 1 N–H and O–H groups in total. The summed E-state index contributed by atoms with van der Waals surface area (Å²) in [6.07, 6.45) is 0. The molecule has 0 aromatic heterocycles. The van der Waals surface area contributed by atoms with Crippen molar-refractivity contribution in [2.75, 3.05) is 0 Å². The van der Waals surface area contributed by atoms with E-state index in [0.717, 1.165) is 6.07 Å². The molecule has 6 nitrogen and oxygen atoms in total. The van der Waals surface area contributed by atoms with Gasteiger partial charge in [0.2, 0.25) is 5.75 Å². The SMILES string of the molecule is O=C(O)c1cc(Br)ccc1Oc1ccc(Cl)cc1[N+](=O)[O-]. The standard InChI is InChI=1S/C13H7BrClNO5/c14-7-1-3-11(9(5-7)13(17)18)21-12-4-2-8(15)6-10(12)16(19)20/h1-6H,(H,17,18). The molecule has 8 heteroatoms. The number of aromatic carboxylic acids is 1. The van der Waals surface area contributed by atoms with Crippen molar-refractivity contribution in [3.8, 4) is 11.5 Å². The minimum atomic E-state index is -1.21. The van der Waals surface area contributed by atoms with Crippen molar-refractivity contribution in [3.63, 3.8) is 0 Å². The van der Waals surface area contributed by atoms with Crippen molar-refractivity contribution >= 4 is 39.2 Å². The monoisotopic (exact) mass is 371 g/mol. The number of carbonyl (C=O) groups is 1. The molecule has 0 heterocycles. The van der Waals surface area contributed by atoms with Crippen LogP contribution >= 0.6 is 27.5 Å². The van der Waals surface area contributed by atoms with Crippen LogP contribution in [0.2, 0.25) is 5.02 Å². The number of carboxylic acid groups (broad SMARTS) is 1. The zero-order chi connectivity index (χ0) is 15.6. The number of benzene rings is 2. The molecule has 0 aliphatic heterocycles. The third kappa shape index (κ3) is 3.50. The van der Waals surface area contributed by atoms with Gasteiger partial charge in [0.15, 0.2) is 0 Å². The predicted molar refractivity (Wildman–Crippen MR) is 79.3 cm³/mol. The summed E-state index contributed by atoms with van der Waals surface area (Å²) in [5.74, 6) is -1.30. The second kappa shape index (κ2) is 6.11. The van der Waals surface area contributed by atoms with Crippen LogP contribution in [0.25, 0.3) is 0 Å². The van der Waals surface area contributed by atoms with Gasteiger partial charge in [-0.05, 0) is 30.3 Å². The third-order valence-electron chi connectivity index (χ3n) is 2.51. The van der Waals surface area contributed by atoms with E-state index in [4.69, 9.17) is 21.4 Å². The topological polar surface area (TPSA) is 89.7 Å². The lowest BCUT2D eigenvalue weighted by Crippen LogP contribution is -2.01. The molecule has 0 atom stereocenters. The van der Waals surface area contributed by atoms with E-state index >= 15 is 0 Å². The van der Waals surface area contributed by atoms with E-state index in [2.05, 4.69) is 15.9 Å². The molecule has 0 amide bonds. The molecule has 108 valence electrons. The number of rotatable bonds is 4. The highest BCUT2D eigenvalue weighted by molar-refractivity contribution is 9.10.